The number of benzene rings is 1. The highest BCUT2D eigenvalue weighted by atomic mass is 19.1. The van der Waals surface area contributed by atoms with E-state index >= 15 is 0 Å². The van der Waals surface area contributed by atoms with Gasteiger partial charge in [0.2, 0.25) is 0 Å². The Kier molecular flexibility index (Phi) is 3.59. The molecule has 1 saturated heterocycles. The van der Waals surface area contributed by atoms with Crippen LogP contribution in [-0.4, -0.2) is 18.2 Å². The Balaban J connectivity index is 1.63. The van der Waals surface area contributed by atoms with E-state index in [0.717, 1.165) is 25.0 Å². The number of rotatable bonds is 3. The molecule has 1 aliphatic heterocycles. The first-order valence-corrected chi connectivity index (χ1v) is 7.33. The molecule has 104 valence electrons. The van der Waals surface area contributed by atoms with Gasteiger partial charge in [-0.15, -0.1) is 0 Å². The Morgan fingerprint density at radius 3 is 2.84 bits per heavy atom. The molecule has 1 aliphatic carbocycles. The minimum absolute atomic E-state index is 0.0569. The van der Waals surface area contributed by atoms with E-state index in [1.807, 2.05) is 19.1 Å². The molecular formula is C16H22FNO. The van der Waals surface area contributed by atoms with Crippen LogP contribution in [0.4, 0.5) is 4.39 Å². The van der Waals surface area contributed by atoms with Gasteiger partial charge in [-0.3, -0.25) is 0 Å². The van der Waals surface area contributed by atoms with Crippen LogP contribution in [0, 0.1) is 5.82 Å². The maximum absolute atomic E-state index is 13.8. The summed E-state index contributed by atoms with van der Waals surface area (Å²) in [7, 11) is 0. The number of ether oxygens (including phenoxy) is 1. The summed E-state index contributed by atoms with van der Waals surface area (Å²) in [5.41, 5.74) is 0.905. The van der Waals surface area contributed by atoms with Gasteiger partial charge in [-0.25, -0.2) is 4.39 Å². The molecule has 1 saturated carbocycles. The summed E-state index contributed by atoms with van der Waals surface area (Å²) in [4.78, 5) is 0. The van der Waals surface area contributed by atoms with Crippen molar-refractivity contribution in [2.45, 2.75) is 56.7 Å². The summed E-state index contributed by atoms with van der Waals surface area (Å²) < 4.78 is 19.7. The van der Waals surface area contributed by atoms with Gasteiger partial charge in [-0.1, -0.05) is 18.2 Å². The van der Waals surface area contributed by atoms with Crippen molar-refractivity contribution >= 4 is 0 Å². The zero-order chi connectivity index (χ0) is 13.3. The van der Waals surface area contributed by atoms with Crippen LogP contribution in [0.3, 0.4) is 0 Å². The summed E-state index contributed by atoms with van der Waals surface area (Å²) in [6.07, 6.45) is 5.78. The number of nitrogens with one attached hydrogen (secondary N) is 1. The minimum atomic E-state index is -0.118. The van der Waals surface area contributed by atoms with E-state index in [1.54, 1.807) is 6.07 Å². The second-order valence-electron chi connectivity index (χ2n) is 5.98. The maximum atomic E-state index is 13.8. The first-order valence-electron chi connectivity index (χ1n) is 7.33. The van der Waals surface area contributed by atoms with Crippen LogP contribution in [-0.2, 0) is 4.74 Å². The van der Waals surface area contributed by atoms with E-state index in [2.05, 4.69) is 5.32 Å². The molecule has 2 nitrogen and oxygen atoms in total. The van der Waals surface area contributed by atoms with Crippen LogP contribution in [0.5, 0.6) is 0 Å². The van der Waals surface area contributed by atoms with Gasteiger partial charge in [0.1, 0.15) is 5.82 Å². The van der Waals surface area contributed by atoms with Crippen LogP contribution in [0.2, 0.25) is 0 Å². The first-order chi connectivity index (χ1) is 9.19. The van der Waals surface area contributed by atoms with Crippen LogP contribution in [0.25, 0.3) is 0 Å². The van der Waals surface area contributed by atoms with Gasteiger partial charge in [-0.05, 0) is 45.1 Å². The SMILES string of the molecule is CC(NC1CCOC2(CCC2)C1)c1ccccc1F. The fourth-order valence-electron chi connectivity index (χ4n) is 3.36. The molecule has 0 bridgehead atoms. The Labute approximate surface area is 114 Å². The van der Waals surface area contributed by atoms with Crippen molar-refractivity contribution in [1.82, 2.24) is 5.32 Å². The molecule has 1 N–H and O–H groups in total. The van der Waals surface area contributed by atoms with Crippen molar-refractivity contribution < 1.29 is 9.13 Å². The molecule has 2 atom stereocenters. The molecule has 1 spiro atoms. The molecule has 1 aromatic rings. The Hall–Kier alpha value is -0.930. The molecule has 1 heterocycles. The quantitative estimate of drug-likeness (QED) is 0.900. The van der Waals surface area contributed by atoms with Crippen LogP contribution in [0.1, 0.15) is 50.6 Å². The van der Waals surface area contributed by atoms with Crippen molar-refractivity contribution in [2.75, 3.05) is 6.61 Å². The lowest BCUT2D eigenvalue weighted by Crippen LogP contribution is -2.51. The number of hydrogen-bond donors (Lipinski definition) is 1. The standard InChI is InChI=1S/C16H22FNO/c1-12(14-5-2-3-6-15(14)17)18-13-7-10-19-16(11-13)8-4-9-16/h2-3,5-6,12-13,18H,4,7-11H2,1H3. The summed E-state index contributed by atoms with van der Waals surface area (Å²) >= 11 is 0. The fraction of sp³-hybridized carbons (Fsp3) is 0.625. The van der Waals surface area contributed by atoms with Gasteiger partial charge in [-0.2, -0.15) is 0 Å². The third kappa shape index (κ3) is 2.67. The highest BCUT2D eigenvalue weighted by Gasteiger charge is 2.42. The van der Waals surface area contributed by atoms with E-state index in [0.29, 0.717) is 6.04 Å². The van der Waals surface area contributed by atoms with Gasteiger partial charge in [0, 0.05) is 24.3 Å². The van der Waals surface area contributed by atoms with Gasteiger partial charge in [0.05, 0.1) is 5.60 Å². The number of hydrogen-bond acceptors (Lipinski definition) is 2. The van der Waals surface area contributed by atoms with E-state index < -0.39 is 0 Å². The van der Waals surface area contributed by atoms with Crippen molar-refractivity contribution in [3.63, 3.8) is 0 Å². The van der Waals surface area contributed by atoms with E-state index in [1.165, 1.54) is 25.3 Å². The van der Waals surface area contributed by atoms with Gasteiger partial charge in [0.15, 0.2) is 0 Å². The van der Waals surface area contributed by atoms with Gasteiger partial charge < -0.3 is 10.1 Å². The van der Waals surface area contributed by atoms with Crippen molar-refractivity contribution in [1.29, 1.82) is 0 Å². The molecule has 3 heteroatoms. The lowest BCUT2D eigenvalue weighted by Gasteiger charge is -2.47. The summed E-state index contributed by atoms with van der Waals surface area (Å²) in [6, 6.07) is 7.54. The Morgan fingerprint density at radius 2 is 2.16 bits per heavy atom. The molecule has 1 aromatic carbocycles. The molecule has 3 rings (SSSR count). The summed E-state index contributed by atoms with van der Waals surface area (Å²) in [5.74, 6) is -0.118. The predicted octanol–water partition coefficient (Wildman–Crippen LogP) is 3.58. The van der Waals surface area contributed by atoms with Crippen LogP contribution >= 0.6 is 0 Å². The lowest BCUT2D eigenvalue weighted by molar-refractivity contribution is -0.136. The molecule has 0 radical (unpaired) electrons. The van der Waals surface area contributed by atoms with Crippen molar-refractivity contribution in [2.24, 2.45) is 0 Å². The van der Waals surface area contributed by atoms with E-state index in [4.69, 9.17) is 4.74 Å². The zero-order valence-corrected chi connectivity index (χ0v) is 11.5. The summed E-state index contributed by atoms with van der Waals surface area (Å²) in [6.45, 7) is 2.88. The molecule has 19 heavy (non-hydrogen) atoms. The van der Waals surface area contributed by atoms with E-state index in [-0.39, 0.29) is 17.5 Å². The lowest BCUT2D eigenvalue weighted by atomic mass is 9.74. The minimum Gasteiger partial charge on any atom is -0.375 e. The molecule has 0 aromatic heterocycles. The third-order valence-corrected chi connectivity index (χ3v) is 4.62. The smallest absolute Gasteiger partial charge is 0.127 e. The second-order valence-corrected chi connectivity index (χ2v) is 5.98. The largest absolute Gasteiger partial charge is 0.375 e. The fourth-order valence-corrected chi connectivity index (χ4v) is 3.36. The first kappa shape index (κ1) is 13.1. The highest BCUT2D eigenvalue weighted by molar-refractivity contribution is 5.20. The van der Waals surface area contributed by atoms with Gasteiger partial charge >= 0.3 is 0 Å². The topological polar surface area (TPSA) is 21.3 Å². The molecular weight excluding hydrogens is 241 g/mol. The molecule has 0 amide bonds. The van der Waals surface area contributed by atoms with Crippen LogP contribution in [0.15, 0.2) is 24.3 Å². The van der Waals surface area contributed by atoms with E-state index in [9.17, 15) is 4.39 Å². The molecule has 2 unspecified atom stereocenters. The number of halogens is 1. The van der Waals surface area contributed by atoms with Crippen LogP contribution < -0.4 is 5.32 Å². The van der Waals surface area contributed by atoms with Crippen molar-refractivity contribution in [3.8, 4) is 0 Å². The Morgan fingerprint density at radius 1 is 1.37 bits per heavy atom. The Bertz CT molecular complexity index is 444. The monoisotopic (exact) mass is 263 g/mol. The average Bonchev–Trinajstić information content (AvgIpc) is 2.37. The van der Waals surface area contributed by atoms with Crippen molar-refractivity contribution in [3.05, 3.63) is 35.6 Å². The zero-order valence-electron chi connectivity index (χ0n) is 11.5. The van der Waals surface area contributed by atoms with Gasteiger partial charge in [0.25, 0.3) is 0 Å². The maximum Gasteiger partial charge on any atom is 0.127 e. The average molecular weight is 263 g/mol. The predicted molar refractivity (Wildman–Crippen MR) is 73.5 cm³/mol. The summed E-state index contributed by atoms with van der Waals surface area (Å²) in [5, 5.41) is 3.58. The second kappa shape index (κ2) is 5.22. The normalized spacial score (nSPS) is 26.9. The highest BCUT2D eigenvalue weighted by Crippen LogP contribution is 2.42. The molecule has 2 aliphatic rings. The molecule has 2 fully saturated rings. The third-order valence-electron chi connectivity index (χ3n) is 4.62.